The molecule has 4 rings (SSSR count). The minimum Gasteiger partial charge on any atom is -0.341 e. The van der Waals surface area contributed by atoms with Crippen molar-refractivity contribution in [3.05, 3.63) is 70.0 Å². The number of hydrogen-bond donors (Lipinski definition) is 0. The number of amides is 1. The molecule has 0 bridgehead atoms. The number of nitrogens with zero attached hydrogens (tertiary/aromatic N) is 3. The molecule has 0 N–H and O–H groups in total. The summed E-state index contributed by atoms with van der Waals surface area (Å²) in [6, 6.07) is 16.0. The van der Waals surface area contributed by atoms with Crippen LogP contribution in [0.1, 0.15) is 49.8 Å². The van der Waals surface area contributed by atoms with Crippen LogP contribution in [0.2, 0.25) is 0 Å². The Morgan fingerprint density at radius 1 is 1.10 bits per heavy atom. The summed E-state index contributed by atoms with van der Waals surface area (Å²) < 4.78 is 1.84. The summed E-state index contributed by atoms with van der Waals surface area (Å²) in [5, 5.41) is 1.31. The second kappa shape index (κ2) is 9.69. The number of carbonyl (C=O) groups excluding carboxylic acids is 1. The lowest BCUT2D eigenvalue weighted by Gasteiger charge is -2.20. The molecule has 0 spiro atoms. The number of aromatic nitrogens is 2. The van der Waals surface area contributed by atoms with Gasteiger partial charge in [-0.1, -0.05) is 67.9 Å². The van der Waals surface area contributed by atoms with Crippen LogP contribution in [0.3, 0.4) is 0 Å². The third-order valence-electron chi connectivity index (χ3n) is 6.07. The predicted octanol–water partition coefficient (Wildman–Crippen LogP) is 4.82. The molecule has 1 fully saturated rings. The predicted molar refractivity (Wildman–Crippen MR) is 127 cm³/mol. The molecular weight excluding hydrogens is 406 g/mol. The zero-order valence-corrected chi connectivity index (χ0v) is 19.0. The molecule has 1 aromatic heterocycles. The van der Waals surface area contributed by atoms with Crippen molar-refractivity contribution in [2.24, 2.45) is 0 Å². The van der Waals surface area contributed by atoms with Crippen LogP contribution in [-0.2, 0) is 17.8 Å². The Hall–Kier alpha value is -2.60. The van der Waals surface area contributed by atoms with Gasteiger partial charge in [0.25, 0.3) is 5.56 Å². The molecule has 0 saturated heterocycles. The Morgan fingerprint density at radius 2 is 1.77 bits per heavy atom. The maximum absolute atomic E-state index is 13.2. The standard InChI is InChI=1S/C25H29N3O2S/c1-3-18-12-14-19(15-13-18)16-27(2)23(29)17-31-25-26-22-11-7-6-10-21(22)24(30)28(25)20-8-4-5-9-20/h6-7,10-15,20H,3-5,8-9,16-17H2,1-2H3. The van der Waals surface area contributed by atoms with Crippen LogP contribution in [0.4, 0.5) is 0 Å². The van der Waals surface area contributed by atoms with Crippen molar-refractivity contribution in [1.29, 1.82) is 0 Å². The van der Waals surface area contributed by atoms with Gasteiger partial charge in [-0.05, 0) is 42.5 Å². The molecule has 162 valence electrons. The van der Waals surface area contributed by atoms with Gasteiger partial charge in [0.15, 0.2) is 5.16 Å². The van der Waals surface area contributed by atoms with E-state index in [9.17, 15) is 9.59 Å². The van der Waals surface area contributed by atoms with E-state index in [1.54, 1.807) is 4.90 Å². The molecule has 1 saturated carbocycles. The minimum atomic E-state index is 0.0109. The first-order valence-corrected chi connectivity index (χ1v) is 12.0. The van der Waals surface area contributed by atoms with Gasteiger partial charge in [0, 0.05) is 19.6 Å². The highest BCUT2D eigenvalue weighted by Crippen LogP contribution is 2.32. The Bertz CT molecular complexity index is 1120. The van der Waals surface area contributed by atoms with E-state index in [1.807, 2.05) is 35.9 Å². The molecule has 0 atom stereocenters. The van der Waals surface area contributed by atoms with Crippen molar-refractivity contribution >= 4 is 28.6 Å². The van der Waals surface area contributed by atoms with Crippen molar-refractivity contribution in [1.82, 2.24) is 14.5 Å². The maximum Gasteiger partial charge on any atom is 0.262 e. The molecule has 0 unspecified atom stereocenters. The van der Waals surface area contributed by atoms with Gasteiger partial charge in [0.1, 0.15) is 0 Å². The van der Waals surface area contributed by atoms with Crippen LogP contribution in [-0.4, -0.2) is 33.2 Å². The number of hydrogen-bond acceptors (Lipinski definition) is 4. The topological polar surface area (TPSA) is 55.2 Å². The maximum atomic E-state index is 13.2. The first kappa shape index (κ1) is 21.6. The molecule has 2 aromatic carbocycles. The van der Waals surface area contributed by atoms with Gasteiger partial charge < -0.3 is 4.90 Å². The SMILES string of the molecule is CCc1ccc(CN(C)C(=O)CSc2nc3ccccc3c(=O)n2C2CCCC2)cc1. The highest BCUT2D eigenvalue weighted by Gasteiger charge is 2.23. The zero-order chi connectivity index (χ0) is 21.8. The van der Waals surface area contributed by atoms with Crippen molar-refractivity contribution in [2.45, 2.75) is 56.8 Å². The zero-order valence-electron chi connectivity index (χ0n) is 18.2. The smallest absolute Gasteiger partial charge is 0.262 e. The van der Waals surface area contributed by atoms with Crippen molar-refractivity contribution in [3.8, 4) is 0 Å². The van der Waals surface area contributed by atoms with Gasteiger partial charge in [0.05, 0.1) is 16.7 Å². The number of thioether (sulfide) groups is 1. The molecular formula is C25H29N3O2S. The molecule has 1 aliphatic rings. The molecule has 5 nitrogen and oxygen atoms in total. The summed E-state index contributed by atoms with van der Waals surface area (Å²) in [6.45, 7) is 2.71. The van der Waals surface area contributed by atoms with Crippen molar-refractivity contribution < 1.29 is 4.79 Å². The monoisotopic (exact) mass is 435 g/mol. The van der Waals surface area contributed by atoms with Crippen LogP contribution in [0.15, 0.2) is 58.5 Å². The average molecular weight is 436 g/mol. The van der Waals surface area contributed by atoms with E-state index in [4.69, 9.17) is 4.98 Å². The van der Waals surface area contributed by atoms with Gasteiger partial charge >= 0.3 is 0 Å². The number of para-hydroxylation sites is 1. The minimum absolute atomic E-state index is 0.0109. The second-order valence-corrected chi connectivity index (χ2v) is 9.18. The summed E-state index contributed by atoms with van der Waals surface area (Å²) >= 11 is 1.38. The van der Waals surface area contributed by atoms with Crippen LogP contribution < -0.4 is 5.56 Å². The number of aryl methyl sites for hydroxylation is 1. The van der Waals surface area contributed by atoms with Gasteiger partial charge in [-0.3, -0.25) is 14.2 Å². The Morgan fingerprint density at radius 3 is 2.48 bits per heavy atom. The van der Waals surface area contributed by atoms with E-state index in [2.05, 4.69) is 31.2 Å². The van der Waals surface area contributed by atoms with Crippen LogP contribution in [0.5, 0.6) is 0 Å². The Kier molecular flexibility index (Phi) is 6.76. The number of carbonyl (C=O) groups is 1. The largest absolute Gasteiger partial charge is 0.341 e. The van der Waals surface area contributed by atoms with Crippen molar-refractivity contribution in [3.63, 3.8) is 0 Å². The number of benzene rings is 2. The second-order valence-electron chi connectivity index (χ2n) is 8.23. The lowest BCUT2D eigenvalue weighted by atomic mass is 10.1. The summed E-state index contributed by atoms with van der Waals surface area (Å²) in [7, 11) is 1.83. The van der Waals surface area contributed by atoms with E-state index in [0.717, 1.165) is 37.7 Å². The average Bonchev–Trinajstić information content (AvgIpc) is 3.32. The first-order valence-electron chi connectivity index (χ1n) is 11.0. The Labute approximate surface area is 187 Å². The fourth-order valence-electron chi connectivity index (χ4n) is 4.19. The van der Waals surface area contributed by atoms with Crippen LogP contribution in [0.25, 0.3) is 10.9 Å². The van der Waals surface area contributed by atoms with E-state index >= 15 is 0 Å². The lowest BCUT2D eigenvalue weighted by molar-refractivity contribution is -0.127. The van der Waals surface area contributed by atoms with Gasteiger partial charge in [0.2, 0.25) is 5.91 Å². The quantitative estimate of drug-likeness (QED) is 0.394. The molecule has 6 heteroatoms. The molecule has 1 aliphatic carbocycles. The fraction of sp³-hybridized carbons (Fsp3) is 0.400. The lowest BCUT2D eigenvalue weighted by Crippen LogP contribution is -2.29. The van der Waals surface area contributed by atoms with E-state index in [1.165, 1.54) is 17.3 Å². The van der Waals surface area contributed by atoms with E-state index in [-0.39, 0.29) is 23.3 Å². The molecule has 31 heavy (non-hydrogen) atoms. The van der Waals surface area contributed by atoms with Crippen LogP contribution >= 0.6 is 11.8 Å². The third-order valence-corrected chi connectivity index (χ3v) is 7.00. The first-order chi connectivity index (χ1) is 15.1. The number of rotatable bonds is 7. The van der Waals surface area contributed by atoms with E-state index < -0.39 is 0 Å². The molecule has 1 amide bonds. The van der Waals surface area contributed by atoms with Gasteiger partial charge in [-0.2, -0.15) is 0 Å². The van der Waals surface area contributed by atoms with Gasteiger partial charge in [-0.25, -0.2) is 4.98 Å². The van der Waals surface area contributed by atoms with Crippen LogP contribution in [0, 0.1) is 0 Å². The highest BCUT2D eigenvalue weighted by atomic mass is 32.2. The summed E-state index contributed by atoms with van der Waals surface area (Å²) in [4.78, 5) is 32.6. The molecule has 0 radical (unpaired) electrons. The van der Waals surface area contributed by atoms with Crippen molar-refractivity contribution in [2.75, 3.05) is 12.8 Å². The normalized spacial score (nSPS) is 14.3. The molecule has 3 aromatic rings. The third kappa shape index (κ3) is 4.85. The highest BCUT2D eigenvalue weighted by molar-refractivity contribution is 7.99. The van der Waals surface area contributed by atoms with E-state index in [0.29, 0.717) is 22.6 Å². The Balaban J connectivity index is 1.51. The number of fused-ring (bicyclic) bond motifs is 1. The summed E-state index contributed by atoms with van der Waals surface area (Å²) in [5.74, 6) is 0.297. The summed E-state index contributed by atoms with van der Waals surface area (Å²) in [5.41, 5.74) is 3.11. The molecule has 1 heterocycles. The fourth-order valence-corrected chi connectivity index (χ4v) is 5.20. The summed E-state index contributed by atoms with van der Waals surface area (Å²) in [6.07, 6.45) is 5.26. The van der Waals surface area contributed by atoms with Gasteiger partial charge in [-0.15, -0.1) is 0 Å². The molecule has 0 aliphatic heterocycles.